The van der Waals surface area contributed by atoms with Gasteiger partial charge in [-0.1, -0.05) is 30.1 Å². The molecule has 0 radical (unpaired) electrons. The monoisotopic (exact) mass is 630 g/mol. The number of methoxy groups -OCH3 is 1. The lowest BCUT2D eigenvalue weighted by Gasteiger charge is -2.34. The van der Waals surface area contributed by atoms with Gasteiger partial charge in [0.2, 0.25) is 0 Å². The third kappa shape index (κ3) is 8.70. The summed E-state index contributed by atoms with van der Waals surface area (Å²) in [4.78, 5) is 27.6. The van der Waals surface area contributed by atoms with Crippen LogP contribution in [0.1, 0.15) is 62.0 Å². The number of alkyl carbamates (subject to hydrolysis) is 1. The molecule has 0 spiro atoms. The first-order valence-corrected chi connectivity index (χ1v) is 15.3. The molecular formula is C28H37Cl2FN4O5S. The van der Waals surface area contributed by atoms with Gasteiger partial charge in [-0.3, -0.25) is 13.9 Å². The van der Waals surface area contributed by atoms with Crippen molar-refractivity contribution in [1.82, 2.24) is 15.5 Å². The predicted molar refractivity (Wildman–Crippen MR) is 160 cm³/mol. The standard InChI is InChI=1S/C28H37Cl2FN4O5S/c1-6-41(38)25-16(10-17(29)11-22(25)39-5)13-33-26(36)19-12-21(31)20(23(30)24(19)32)15-35-9-7-8-18(14-35)34-27(37)40-28(2,3)4/h10-12,18H,6-9,13-15,32H2,1-5H3,(H,33,36)(H,34,37)/t18-,41?/m1/s1. The number of nitrogen functional groups attached to an aromatic ring is 1. The van der Waals surface area contributed by atoms with E-state index in [4.69, 9.17) is 38.4 Å². The normalized spacial score (nSPS) is 16.6. The van der Waals surface area contributed by atoms with Crippen LogP contribution in [0.15, 0.2) is 23.1 Å². The molecule has 1 heterocycles. The highest BCUT2D eigenvalue weighted by molar-refractivity contribution is 7.85. The number of amides is 2. The quantitative estimate of drug-likeness (QED) is 0.323. The maximum Gasteiger partial charge on any atom is 0.407 e. The highest BCUT2D eigenvalue weighted by atomic mass is 35.5. The number of carbonyl (C=O) groups excluding carboxylic acids is 2. The van der Waals surface area contributed by atoms with Gasteiger partial charge in [-0.15, -0.1) is 0 Å². The summed E-state index contributed by atoms with van der Waals surface area (Å²) >= 11 is 12.7. The number of hydrogen-bond acceptors (Lipinski definition) is 7. The first kappa shape index (κ1) is 32.9. The first-order valence-electron chi connectivity index (χ1n) is 13.2. The largest absolute Gasteiger partial charge is 0.495 e. The number of nitrogens with two attached hydrogens (primary N) is 1. The molecule has 2 aromatic carbocycles. The third-order valence-electron chi connectivity index (χ3n) is 6.45. The van der Waals surface area contributed by atoms with E-state index in [0.717, 1.165) is 18.9 Å². The molecule has 0 aromatic heterocycles. The van der Waals surface area contributed by atoms with Gasteiger partial charge in [0.05, 0.1) is 39.1 Å². The fourth-order valence-electron chi connectivity index (χ4n) is 4.60. The highest BCUT2D eigenvalue weighted by Gasteiger charge is 2.27. The molecule has 4 N–H and O–H groups in total. The van der Waals surface area contributed by atoms with Crippen molar-refractivity contribution < 1.29 is 27.7 Å². The van der Waals surface area contributed by atoms with Crippen molar-refractivity contribution in [3.05, 3.63) is 50.8 Å². The van der Waals surface area contributed by atoms with Crippen LogP contribution in [0.25, 0.3) is 0 Å². The van der Waals surface area contributed by atoms with E-state index in [9.17, 15) is 13.8 Å². The molecule has 2 aromatic rings. The van der Waals surface area contributed by atoms with E-state index in [2.05, 4.69) is 10.6 Å². The zero-order valence-corrected chi connectivity index (χ0v) is 26.2. The Balaban J connectivity index is 1.73. The Hall–Kier alpha value is -2.60. The molecule has 1 fully saturated rings. The summed E-state index contributed by atoms with van der Waals surface area (Å²) in [5.74, 6) is -0.639. The van der Waals surface area contributed by atoms with Crippen LogP contribution >= 0.6 is 23.2 Å². The second kappa shape index (κ2) is 14.0. The molecule has 13 heteroatoms. The minimum Gasteiger partial charge on any atom is -0.495 e. The minimum absolute atomic E-state index is 0.0446. The summed E-state index contributed by atoms with van der Waals surface area (Å²) in [5.41, 5.74) is 6.09. The van der Waals surface area contributed by atoms with Crippen molar-refractivity contribution in [3.8, 4) is 5.75 Å². The van der Waals surface area contributed by atoms with Crippen LogP contribution in [-0.4, -0.2) is 58.7 Å². The molecule has 0 aliphatic carbocycles. The first-order chi connectivity index (χ1) is 19.2. The van der Waals surface area contributed by atoms with Gasteiger partial charge < -0.3 is 25.8 Å². The van der Waals surface area contributed by atoms with Crippen LogP contribution in [0.2, 0.25) is 10.0 Å². The van der Waals surface area contributed by atoms with Crippen LogP contribution < -0.4 is 21.1 Å². The van der Waals surface area contributed by atoms with Crippen molar-refractivity contribution in [3.63, 3.8) is 0 Å². The number of benzene rings is 2. The molecule has 2 amide bonds. The van der Waals surface area contributed by atoms with Gasteiger partial charge in [0.1, 0.15) is 17.2 Å². The second-order valence-electron chi connectivity index (χ2n) is 10.7. The van der Waals surface area contributed by atoms with Crippen LogP contribution in [0.3, 0.4) is 0 Å². The summed E-state index contributed by atoms with van der Waals surface area (Å²) in [6.07, 6.45) is 1.05. The van der Waals surface area contributed by atoms with Gasteiger partial charge in [0.15, 0.2) is 0 Å². The number of likely N-dealkylation sites (tertiary alicyclic amines) is 1. The Kier molecular flexibility index (Phi) is 11.3. The fraction of sp³-hybridized carbons (Fsp3) is 0.500. The SMILES string of the molecule is CCS(=O)c1c(CNC(=O)c2cc(F)c(CN3CCC[C@@H](NC(=O)OC(C)(C)C)C3)c(Cl)c2N)cc(Cl)cc1OC. The lowest BCUT2D eigenvalue weighted by Crippen LogP contribution is -2.48. The Morgan fingerprint density at radius 3 is 2.59 bits per heavy atom. The van der Waals surface area contributed by atoms with Crippen LogP contribution in [0, 0.1) is 5.82 Å². The number of nitrogens with one attached hydrogen (secondary N) is 2. The molecule has 1 aliphatic heterocycles. The van der Waals surface area contributed by atoms with E-state index in [0.29, 0.717) is 40.1 Å². The van der Waals surface area contributed by atoms with Crippen LogP contribution in [0.4, 0.5) is 14.9 Å². The molecule has 226 valence electrons. The number of halogens is 3. The Bertz CT molecular complexity index is 1320. The average molecular weight is 632 g/mol. The zero-order valence-electron chi connectivity index (χ0n) is 23.9. The summed E-state index contributed by atoms with van der Waals surface area (Å²) < 4.78 is 38.7. The van der Waals surface area contributed by atoms with Crippen molar-refractivity contribution in [1.29, 1.82) is 0 Å². The third-order valence-corrected chi connectivity index (χ3v) is 8.54. The molecule has 41 heavy (non-hydrogen) atoms. The minimum atomic E-state index is -1.39. The van der Waals surface area contributed by atoms with E-state index < -0.39 is 34.2 Å². The van der Waals surface area contributed by atoms with Gasteiger partial charge in [0, 0.05) is 48.1 Å². The topological polar surface area (TPSA) is 123 Å². The van der Waals surface area contributed by atoms with E-state index >= 15 is 4.39 Å². The fourth-order valence-corrected chi connectivity index (χ4v) is 6.17. The van der Waals surface area contributed by atoms with E-state index in [1.54, 1.807) is 39.8 Å². The van der Waals surface area contributed by atoms with E-state index in [-0.39, 0.29) is 41.0 Å². The summed E-state index contributed by atoms with van der Waals surface area (Å²) in [6, 6.07) is 4.05. The molecular weight excluding hydrogens is 594 g/mol. The Labute approximate surface area is 252 Å². The van der Waals surface area contributed by atoms with E-state index in [1.807, 2.05) is 4.90 Å². The molecule has 1 unspecified atom stereocenters. The van der Waals surface area contributed by atoms with Crippen LogP contribution in [0.5, 0.6) is 5.75 Å². The lowest BCUT2D eigenvalue weighted by molar-refractivity contribution is 0.0469. The van der Waals surface area contributed by atoms with Crippen LogP contribution in [-0.2, 0) is 28.6 Å². The van der Waals surface area contributed by atoms with Gasteiger partial charge in [-0.25, -0.2) is 9.18 Å². The number of anilines is 1. The van der Waals surface area contributed by atoms with Crippen molar-refractivity contribution >= 4 is 51.7 Å². The molecule has 1 saturated heterocycles. The Morgan fingerprint density at radius 1 is 1.24 bits per heavy atom. The smallest absolute Gasteiger partial charge is 0.407 e. The molecule has 0 saturated carbocycles. The maximum atomic E-state index is 15.3. The lowest BCUT2D eigenvalue weighted by atomic mass is 10.0. The van der Waals surface area contributed by atoms with Gasteiger partial charge in [-0.2, -0.15) is 0 Å². The van der Waals surface area contributed by atoms with E-state index in [1.165, 1.54) is 7.11 Å². The molecule has 1 aliphatic rings. The summed E-state index contributed by atoms with van der Waals surface area (Å²) in [7, 11) is 0.0574. The predicted octanol–water partition coefficient (Wildman–Crippen LogP) is 5.27. The number of piperidine rings is 1. The molecule has 0 bridgehead atoms. The van der Waals surface area contributed by atoms with Gasteiger partial charge in [0.25, 0.3) is 5.91 Å². The van der Waals surface area contributed by atoms with Crippen molar-refractivity contribution in [2.75, 3.05) is 31.7 Å². The average Bonchev–Trinajstić information content (AvgIpc) is 2.89. The zero-order chi connectivity index (χ0) is 30.5. The Morgan fingerprint density at radius 2 is 1.95 bits per heavy atom. The second-order valence-corrected chi connectivity index (χ2v) is 13.2. The molecule has 9 nitrogen and oxygen atoms in total. The molecule has 2 atom stereocenters. The van der Waals surface area contributed by atoms with Crippen molar-refractivity contribution in [2.45, 2.75) is 70.2 Å². The maximum absolute atomic E-state index is 15.3. The number of rotatable bonds is 9. The highest BCUT2D eigenvalue weighted by Crippen LogP contribution is 2.33. The number of carbonyl (C=O) groups is 2. The molecule has 3 rings (SSSR count). The summed E-state index contributed by atoms with van der Waals surface area (Å²) in [6.45, 7) is 8.39. The number of hydrogen-bond donors (Lipinski definition) is 3. The number of nitrogens with zero attached hydrogens (tertiary/aromatic N) is 1. The van der Waals surface area contributed by atoms with Crippen molar-refractivity contribution in [2.24, 2.45) is 0 Å². The van der Waals surface area contributed by atoms with Gasteiger partial charge >= 0.3 is 6.09 Å². The van der Waals surface area contributed by atoms with Gasteiger partial charge in [-0.05, 0) is 57.9 Å². The summed E-state index contributed by atoms with van der Waals surface area (Å²) in [5, 5.41) is 5.86. The number of ether oxygens (including phenoxy) is 2.